The average molecular weight is 360 g/mol. The van der Waals surface area contributed by atoms with Crippen molar-refractivity contribution in [2.75, 3.05) is 11.1 Å². The van der Waals surface area contributed by atoms with Gasteiger partial charge in [-0.3, -0.25) is 4.79 Å². The molecular weight excluding hydrogens is 345 g/mol. The second-order valence-electron chi connectivity index (χ2n) is 5.48. The molecule has 0 saturated carbocycles. The summed E-state index contributed by atoms with van der Waals surface area (Å²) in [6.07, 6.45) is 0. The number of tetrazole rings is 1. The lowest BCUT2D eigenvalue weighted by atomic mass is 10.1. The van der Waals surface area contributed by atoms with Crippen LogP contribution in [0.1, 0.15) is 20.8 Å². The summed E-state index contributed by atoms with van der Waals surface area (Å²) in [5.41, 5.74) is 0.154. The summed E-state index contributed by atoms with van der Waals surface area (Å²) in [6.45, 7) is 5.95. The number of para-hydroxylation sites is 1. The van der Waals surface area contributed by atoms with E-state index in [-0.39, 0.29) is 17.2 Å². The third-order valence-electron chi connectivity index (χ3n) is 2.64. The van der Waals surface area contributed by atoms with Crippen molar-refractivity contribution in [3.63, 3.8) is 0 Å². The summed E-state index contributed by atoms with van der Waals surface area (Å²) >= 11 is 13.3. The van der Waals surface area contributed by atoms with Crippen molar-refractivity contribution in [3.05, 3.63) is 28.2 Å². The highest BCUT2D eigenvalue weighted by Crippen LogP contribution is 2.30. The lowest BCUT2D eigenvalue weighted by Gasteiger charge is -2.19. The zero-order valence-electron chi connectivity index (χ0n) is 12.3. The van der Waals surface area contributed by atoms with E-state index in [1.54, 1.807) is 22.9 Å². The summed E-state index contributed by atoms with van der Waals surface area (Å²) in [5.74, 6) is -0.0821. The molecule has 0 saturated heterocycles. The zero-order valence-corrected chi connectivity index (χ0v) is 14.6. The van der Waals surface area contributed by atoms with E-state index in [0.29, 0.717) is 20.9 Å². The lowest BCUT2D eigenvalue weighted by molar-refractivity contribution is -0.113. The molecule has 2 rings (SSSR count). The van der Waals surface area contributed by atoms with E-state index in [4.69, 9.17) is 23.2 Å². The molecule has 0 fully saturated rings. The van der Waals surface area contributed by atoms with E-state index in [1.807, 2.05) is 20.8 Å². The number of carbonyl (C=O) groups excluding carboxylic acids is 1. The molecule has 118 valence electrons. The minimum atomic E-state index is -0.256. The third-order valence-corrected chi connectivity index (χ3v) is 4.19. The largest absolute Gasteiger partial charge is 0.323 e. The highest BCUT2D eigenvalue weighted by Gasteiger charge is 2.20. The van der Waals surface area contributed by atoms with Gasteiger partial charge >= 0.3 is 0 Å². The number of hydrogen-bond donors (Lipinski definition) is 1. The van der Waals surface area contributed by atoms with Gasteiger partial charge in [0.2, 0.25) is 11.1 Å². The van der Waals surface area contributed by atoms with Crippen LogP contribution >= 0.6 is 35.0 Å². The quantitative estimate of drug-likeness (QED) is 0.846. The smallest absolute Gasteiger partial charge is 0.234 e. The van der Waals surface area contributed by atoms with Crippen LogP contribution in [0.5, 0.6) is 0 Å². The van der Waals surface area contributed by atoms with Crippen molar-refractivity contribution < 1.29 is 4.79 Å². The number of nitrogens with one attached hydrogen (secondary N) is 1. The molecule has 1 aromatic heterocycles. The molecule has 2 aromatic rings. The number of halogens is 2. The second kappa shape index (κ2) is 6.85. The molecule has 0 atom stereocenters. The van der Waals surface area contributed by atoms with Crippen LogP contribution in [0.25, 0.3) is 0 Å². The van der Waals surface area contributed by atoms with Gasteiger partial charge in [-0.25, -0.2) is 4.68 Å². The number of anilines is 1. The maximum absolute atomic E-state index is 12.0. The number of amides is 1. The fourth-order valence-electron chi connectivity index (χ4n) is 1.61. The number of nitrogens with zero attached hydrogens (tertiary/aromatic N) is 4. The topological polar surface area (TPSA) is 72.7 Å². The predicted octanol–water partition coefficient (Wildman–Crippen LogP) is 3.47. The molecule has 1 amide bonds. The van der Waals surface area contributed by atoms with Crippen LogP contribution < -0.4 is 5.32 Å². The monoisotopic (exact) mass is 359 g/mol. The molecule has 0 aliphatic carbocycles. The van der Waals surface area contributed by atoms with Gasteiger partial charge in [-0.1, -0.05) is 41.0 Å². The van der Waals surface area contributed by atoms with Crippen molar-refractivity contribution in [2.45, 2.75) is 31.5 Å². The van der Waals surface area contributed by atoms with Crippen LogP contribution in [0.4, 0.5) is 5.69 Å². The molecule has 6 nitrogen and oxygen atoms in total. The summed E-state index contributed by atoms with van der Waals surface area (Å²) in [7, 11) is 0. The van der Waals surface area contributed by atoms with E-state index in [2.05, 4.69) is 20.8 Å². The Morgan fingerprint density at radius 1 is 1.32 bits per heavy atom. The van der Waals surface area contributed by atoms with E-state index in [1.165, 1.54) is 11.8 Å². The molecule has 0 unspecified atom stereocenters. The maximum atomic E-state index is 12.0. The Bertz CT molecular complexity index is 663. The van der Waals surface area contributed by atoms with E-state index in [9.17, 15) is 4.79 Å². The Balaban J connectivity index is 2.01. The van der Waals surface area contributed by atoms with Gasteiger partial charge in [0.05, 0.1) is 27.0 Å². The number of aromatic nitrogens is 4. The van der Waals surface area contributed by atoms with Crippen molar-refractivity contribution >= 4 is 46.6 Å². The van der Waals surface area contributed by atoms with Crippen LogP contribution in [0, 0.1) is 0 Å². The minimum Gasteiger partial charge on any atom is -0.323 e. The van der Waals surface area contributed by atoms with Crippen molar-refractivity contribution in [2.24, 2.45) is 0 Å². The zero-order chi connectivity index (χ0) is 16.3. The first-order valence-corrected chi connectivity index (χ1v) is 8.18. The van der Waals surface area contributed by atoms with Crippen LogP contribution in [-0.2, 0) is 10.3 Å². The van der Waals surface area contributed by atoms with Gasteiger partial charge in [0, 0.05) is 0 Å². The number of rotatable bonds is 4. The van der Waals surface area contributed by atoms with Gasteiger partial charge in [0.1, 0.15) is 0 Å². The summed E-state index contributed by atoms with van der Waals surface area (Å²) in [4.78, 5) is 12.0. The van der Waals surface area contributed by atoms with Gasteiger partial charge in [-0.2, -0.15) is 0 Å². The fourth-order valence-corrected chi connectivity index (χ4v) is 2.96. The molecule has 0 aliphatic rings. The number of hydrogen-bond acceptors (Lipinski definition) is 5. The highest BCUT2D eigenvalue weighted by molar-refractivity contribution is 7.99. The summed E-state index contributed by atoms with van der Waals surface area (Å²) in [6, 6.07) is 5.04. The minimum absolute atomic E-state index is 0.151. The molecule has 9 heteroatoms. The Morgan fingerprint density at radius 3 is 2.55 bits per heavy atom. The highest BCUT2D eigenvalue weighted by atomic mass is 35.5. The summed E-state index contributed by atoms with van der Waals surface area (Å²) in [5, 5.41) is 15.6. The number of carbonyl (C=O) groups is 1. The van der Waals surface area contributed by atoms with Crippen LogP contribution in [-0.4, -0.2) is 31.9 Å². The van der Waals surface area contributed by atoms with E-state index in [0.717, 1.165) is 0 Å². The Kier molecular flexibility index (Phi) is 5.31. The number of thioether (sulfide) groups is 1. The van der Waals surface area contributed by atoms with Crippen molar-refractivity contribution in [1.82, 2.24) is 20.2 Å². The molecule has 1 N–H and O–H groups in total. The normalized spacial score (nSPS) is 11.5. The Hall–Kier alpha value is -1.31. The fraction of sp³-hybridized carbons (Fsp3) is 0.385. The summed E-state index contributed by atoms with van der Waals surface area (Å²) < 4.78 is 1.67. The molecular formula is C13H15Cl2N5OS. The van der Waals surface area contributed by atoms with Gasteiger partial charge in [0.15, 0.2) is 0 Å². The molecule has 0 aliphatic heterocycles. The molecule has 1 aromatic carbocycles. The SMILES string of the molecule is CC(C)(C)n1nnnc1SCC(=O)Nc1c(Cl)cccc1Cl. The van der Waals surface area contributed by atoms with Crippen molar-refractivity contribution in [1.29, 1.82) is 0 Å². The van der Waals surface area contributed by atoms with Crippen LogP contribution in [0.15, 0.2) is 23.4 Å². The van der Waals surface area contributed by atoms with Crippen LogP contribution in [0.3, 0.4) is 0 Å². The van der Waals surface area contributed by atoms with E-state index < -0.39 is 0 Å². The van der Waals surface area contributed by atoms with E-state index >= 15 is 0 Å². The first kappa shape index (κ1) is 17.1. The van der Waals surface area contributed by atoms with Gasteiger partial charge < -0.3 is 5.32 Å². The molecule has 0 spiro atoms. The number of benzene rings is 1. The maximum Gasteiger partial charge on any atom is 0.234 e. The molecule has 0 bridgehead atoms. The van der Waals surface area contributed by atoms with Crippen LogP contribution in [0.2, 0.25) is 10.0 Å². The van der Waals surface area contributed by atoms with Gasteiger partial charge in [-0.05, 0) is 43.3 Å². The molecule has 0 radical (unpaired) electrons. The Morgan fingerprint density at radius 2 is 1.95 bits per heavy atom. The van der Waals surface area contributed by atoms with Gasteiger partial charge in [-0.15, -0.1) is 5.10 Å². The average Bonchev–Trinajstić information content (AvgIpc) is 2.89. The predicted molar refractivity (Wildman–Crippen MR) is 88.6 cm³/mol. The molecule has 22 heavy (non-hydrogen) atoms. The molecule has 1 heterocycles. The Labute approximate surface area is 142 Å². The van der Waals surface area contributed by atoms with Crippen molar-refractivity contribution in [3.8, 4) is 0 Å². The lowest BCUT2D eigenvalue weighted by Crippen LogP contribution is -2.24. The standard InChI is InChI=1S/C13H15Cl2N5OS/c1-13(2,3)20-12(17-18-19-20)22-7-10(21)16-11-8(14)5-4-6-9(11)15/h4-6H,7H2,1-3H3,(H,16,21). The third kappa shape index (κ3) is 4.12. The second-order valence-corrected chi connectivity index (χ2v) is 7.23. The van der Waals surface area contributed by atoms with Gasteiger partial charge in [0.25, 0.3) is 0 Å². The first-order valence-electron chi connectivity index (χ1n) is 6.44. The first-order chi connectivity index (χ1) is 10.3.